The number of nitrogens with zero attached hydrogens (tertiary/aromatic N) is 2. The number of hydrogen-bond acceptors (Lipinski definition) is 4. The van der Waals surface area contributed by atoms with Crippen LogP contribution in [0.1, 0.15) is 25.5 Å². The van der Waals surface area contributed by atoms with Crippen molar-refractivity contribution in [2.75, 3.05) is 0 Å². The lowest BCUT2D eigenvalue weighted by atomic mass is 10.1. The summed E-state index contributed by atoms with van der Waals surface area (Å²) in [5, 5.41) is 9.96. The van der Waals surface area contributed by atoms with Gasteiger partial charge in [0, 0.05) is 12.1 Å². The zero-order chi connectivity index (χ0) is 10.8. The summed E-state index contributed by atoms with van der Waals surface area (Å²) in [5.74, 6) is 0.507. The van der Waals surface area contributed by atoms with Crippen LogP contribution in [0.25, 0.3) is 10.6 Å². The summed E-state index contributed by atoms with van der Waals surface area (Å²) in [7, 11) is 0. The van der Waals surface area contributed by atoms with Crippen molar-refractivity contribution in [1.29, 1.82) is 0 Å². The lowest BCUT2D eigenvalue weighted by molar-refractivity contribution is 0.466. The average Bonchev–Trinajstić information content (AvgIpc) is 2.61. The third-order valence-electron chi connectivity index (χ3n) is 2.14. The van der Waals surface area contributed by atoms with Crippen LogP contribution in [0.15, 0.2) is 24.4 Å². The van der Waals surface area contributed by atoms with E-state index in [1.165, 1.54) is 11.5 Å². The third-order valence-corrected chi connectivity index (χ3v) is 3.01. The molecule has 0 amide bonds. The Morgan fingerprint density at radius 1 is 1.33 bits per heavy atom. The number of aromatic hydroxyl groups is 1. The first kappa shape index (κ1) is 10.1. The van der Waals surface area contributed by atoms with Crippen LogP contribution in [-0.4, -0.2) is 14.5 Å². The molecular formula is C11H12N2OS. The molecule has 4 heteroatoms. The fourth-order valence-corrected chi connectivity index (χ4v) is 2.23. The molecule has 3 nitrogen and oxygen atoms in total. The van der Waals surface area contributed by atoms with Crippen LogP contribution >= 0.6 is 11.5 Å². The molecule has 0 aliphatic heterocycles. The van der Waals surface area contributed by atoms with Gasteiger partial charge in [0.2, 0.25) is 0 Å². The van der Waals surface area contributed by atoms with Crippen molar-refractivity contribution in [2.45, 2.75) is 19.8 Å². The molecule has 78 valence electrons. The SMILES string of the molecule is CC(C)c1nsc(-c2ccccn2)c1O. The summed E-state index contributed by atoms with van der Waals surface area (Å²) in [6.45, 7) is 4.02. The Kier molecular flexibility index (Phi) is 2.68. The molecule has 0 unspecified atom stereocenters. The molecule has 0 aliphatic rings. The van der Waals surface area contributed by atoms with Gasteiger partial charge in [-0.1, -0.05) is 19.9 Å². The first-order chi connectivity index (χ1) is 7.20. The Morgan fingerprint density at radius 3 is 2.67 bits per heavy atom. The maximum atomic E-state index is 9.96. The predicted molar refractivity (Wildman–Crippen MR) is 61.1 cm³/mol. The van der Waals surface area contributed by atoms with Crippen LogP contribution < -0.4 is 0 Å². The molecule has 2 aromatic heterocycles. The van der Waals surface area contributed by atoms with Gasteiger partial charge in [-0.05, 0) is 23.7 Å². The van der Waals surface area contributed by atoms with Crippen LogP contribution in [0.4, 0.5) is 0 Å². The van der Waals surface area contributed by atoms with E-state index in [0.717, 1.165) is 16.3 Å². The Balaban J connectivity index is 2.47. The topological polar surface area (TPSA) is 46.0 Å². The minimum absolute atomic E-state index is 0.235. The van der Waals surface area contributed by atoms with Crippen molar-refractivity contribution in [3.8, 4) is 16.3 Å². The zero-order valence-electron chi connectivity index (χ0n) is 8.64. The van der Waals surface area contributed by atoms with Gasteiger partial charge in [0.05, 0.1) is 11.4 Å². The van der Waals surface area contributed by atoms with Crippen molar-refractivity contribution < 1.29 is 5.11 Å². The monoisotopic (exact) mass is 220 g/mol. The highest BCUT2D eigenvalue weighted by atomic mass is 32.1. The second-order valence-electron chi connectivity index (χ2n) is 3.62. The molecule has 0 saturated carbocycles. The molecule has 0 fully saturated rings. The van der Waals surface area contributed by atoms with E-state index in [4.69, 9.17) is 0 Å². The summed E-state index contributed by atoms with van der Waals surface area (Å²) < 4.78 is 4.24. The second kappa shape index (κ2) is 3.98. The minimum Gasteiger partial charge on any atom is -0.504 e. The van der Waals surface area contributed by atoms with Gasteiger partial charge in [0.1, 0.15) is 4.88 Å². The number of hydrogen-bond donors (Lipinski definition) is 1. The summed E-state index contributed by atoms with van der Waals surface area (Å²) in [4.78, 5) is 4.94. The first-order valence-electron chi connectivity index (χ1n) is 4.80. The van der Waals surface area contributed by atoms with Gasteiger partial charge in [-0.25, -0.2) is 0 Å². The van der Waals surface area contributed by atoms with Crippen molar-refractivity contribution in [2.24, 2.45) is 0 Å². The van der Waals surface area contributed by atoms with E-state index in [1.54, 1.807) is 6.20 Å². The van der Waals surface area contributed by atoms with Crippen LogP contribution in [0, 0.1) is 0 Å². The van der Waals surface area contributed by atoms with Gasteiger partial charge < -0.3 is 5.11 Å². The molecular weight excluding hydrogens is 208 g/mol. The Bertz CT molecular complexity index is 451. The van der Waals surface area contributed by atoms with Crippen LogP contribution in [0.2, 0.25) is 0 Å². The highest BCUT2D eigenvalue weighted by Gasteiger charge is 2.16. The van der Waals surface area contributed by atoms with Crippen molar-refractivity contribution in [3.05, 3.63) is 30.1 Å². The quantitative estimate of drug-likeness (QED) is 0.846. The second-order valence-corrected chi connectivity index (χ2v) is 4.39. The van der Waals surface area contributed by atoms with Crippen molar-refractivity contribution in [3.63, 3.8) is 0 Å². The summed E-state index contributed by atoms with van der Waals surface area (Å²) in [6.07, 6.45) is 1.71. The Hall–Kier alpha value is -1.42. The fraction of sp³-hybridized carbons (Fsp3) is 0.273. The summed E-state index contributed by atoms with van der Waals surface area (Å²) in [6, 6.07) is 5.62. The molecule has 0 radical (unpaired) electrons. The number of aromatic nitrogens is 2. The van der Waals surface area contributed by atoms with E-state index in [9.17, 15) is 5.11 Å². The normalized spacial score (nSPS) is 10.9. The van der Waals surface area contributed by atoms with Crippen LogP contribution in [0.3, 0.4) is 0 Å². The molecule has 0 saturated heterocycles. The Morgan fingerprint density at radius 2 is 2.13 bits per heavy atom. The van der Waals surface area contributed by atoms with Gasteiger partial charge >= 0.3 is 0 Å². The number of pyridine rings is 1. The largest absolute Gasteiger partial charge is 0.504 e. The van der Waals surface area contributed by atoms with E-state index >= 15 is 0 Å². The third kappa shape index (κ3) is 1.85. The highest BCUT2D eigenvalue weighted by Crippen LogP contribution is 2.37. The molecule has 0 bridgehead atoms. The molecule has 15 heavy (non-hydrogen) atoms. The van der Waals surface area contributed by atoms with Crippen LogP contribution in [-0.2, 0) is 0 Å². The molecule has 2 rings (SSSR count). The fourth-order valence-electron chi connectivity index (χ4n) is 1.34. The molecule has 2 aromatic rings. The zero-order valence-corrected chi connectivity index (χ0v) is 9.45. The number of rotatable bonds is 2. The van der Waals surface area contributed by atoms with Gasteiger partial charge in [-0.15, -0.1) is 0 Å². The molecule has 0 aromatic carbocycles. The summed E-state index contributed by atoms with van der Waals surface area (Å²) >= 11 is 1.30. The van der Waals surface area contributed by atoms with Gasteiger partial charge in [-0.2, -0.15) is 4.37 Å². The molecule has 0 aliphatic carbocycles. The standard InChI is InChI=1S/C11H12N2OS/c1-7(2)9-10(14)11(15-13-9)8-5-3-4-6-12-8/h3-7,14H,1-2H3. The van der Waals surface area contributed by atoms with Crippen molar-refractivity contribution in [1.82, 2.24) is 9.36 Å². The van der Waals surface area contributed by atoms with E-state index in [1.807, 2.05) is 32.0 Å². The molecule has 2 heterocycles. The predicted octanol–water partition coefficient (Wildman–Crippen LogP) is 3.03. The summed E-state index contributed by atoms with van der Waals surface area (Å²) in [5.41, 5.74) is 1.53. The van der Waals surface area contributed by atoms with E-state index in [0.29, 0.717) is 0 Å². The van der Waals surface area contributed by atoms with Gasteiger partial charge in [-0.3, -0.25) is 4.98 Å². The average molecular weight is 220 g/mol. The lowest BCUT2D eigenvalue weighted by Crippen LogP contribution is -1.86. The van der Waals surface area contributed by atoms with E-state index < -0.39 is 0 Å². The maximum absolute atomic E-state index is 9.96. The molecule has 0 atom stereocenters. The van der Waals surface area contributed by atoms with Gasteiger partial charge in [0.25, 0.3) is 0 Å². The Labute approximate surface area is 92.6 Å². The van der Waals surface area contributed by atoms with Gasteiger partial charge in [0.15, 0.2) is 5.75 Å². The van der Waals surface area contributed by atoms with Crippen LogP contribution in [0.5, 0.6) is 5.75 Å². The van der Waals surface area contributed by atoms with E-state index in [2.05, 4.69) is 9.36 Å². The first-order valence-corrected chi connectivity index (χ1v) is 5.57. The minimum atomic E-state index is 0.235. The highest BCUT2D eigenvalue weighted by molar-refractivity contribution is 7.10. The molecule has 1 N–H and O–H groups in total. The van der Waals surface area contributed by atoms with E-state index in [-0.39, 0.29) is 11.7 Å². The lowest BCUT2D eigenvalue weighted by Gasteiger charge is -2.00. The smallest absolute Gasteiger partial charge is 0.159 e. The molecule has 0 spiro atoms. The maximum Gasteiger partial charge on any atom is 0.159 e. The van der Waals surface area contributed by atoms with Crippen molar-refractivity contribution >= 4 is 11.5 Å².